The molecule has 0 bridgehead atoms. The second-order valence-electron chi connectivity index (χ2n) is 6.55. The molecule has 1 aromatic carbocycles. The summed E-state index contributed by atoms with van der Waals surface area (Å²) in [6.45, 7) is 7.18. The minimum Gasteiger partial charge on any atom is -0.351 e. The molecule has 26 heavy (non-hydrogen) atoms. The Morgan fingerprint density at radius 3 is 2.54 bits per heavy atom. The van der Waals surface area contributed by atoms with Crippen LogP contribution in [0.5, 0.6) is 0 Å². The number of hydrogen-bond acceptors (Lipinski definition) is 3. The quantitative estimate of drug-likeness (QED) is 0.737. The monoisotopic (exact) mass is 353 g/mol. The molecule has 0 aliphatic carbocycles. The number of nitrogens with zero attached hydrogens (tertiary/aromatic N) is 2. The van der Waals surface area contributed by atoms with E-state index in [-0.39, 0.29) is 23.6 Å². The van der Waals surface area contributed by atoms with E-state index in [2.05, 4.69) is 17.2 Å². The number of carbonyl (C=O) groups excluding carboxylic acids is 2. The number of carbonyl (C=O) groups is 2. The molecule has 1 heterocycles. The van der Waals surface area contributed by atoms with Gasteiger partial charge in [-0.25, -0.2) is 0 Å². The third kappa shape index (κ3) is 5.41. The van der Waals surface area contributed by atoms with Crippen LogP contribution in [-0.2, 0) is 6.54 Å². The zero-order valence-electron chi connectivity index (χ0n) is 15.7. The zero-order valence-corrected chi connectivity index (χ0v) is 15.7. The summed E-state index contributed by atoms with van der Waals surface area (Å²) in [5, 5.41) is 2.83. The number of amides is 2. The Morgan fingerprint density at radius 1 is 1.15 bits per heavy atom. The van der Waals surface area contributed by atoms with Crippen molar-refractivity contribution in [2.24, 2.45) is 0 Å². The van der Waals surface area contributed by atoms with Crippen molar-refractivity contribution in [2.75, 3.05) is 6.54 Å². The first kappa shape index (κ1) is 19.6. The second-order valence-corrected chi connectivity index (χ2v) is 6.55. The smallest absolute Gasteiger partial charge is 0.269 e. The van der Waals surface area contributed by atoms with Crippen LogP contribution in [0.4, 0.5) is 0 Å². The minimum atomic E-state index is -0.243. The second kappa shape index (κ2) is 9.70. The Balaban J connectivity index is 2.15. The van der Waals surface area contributed by atoms with E-state index in [1.165, 1.54) is 6.20 Å². The molecule has 0 saturated heterocycles. The summed E-state index contributed by atoms with van der Waals surface area (Å²) in [5.74, 6) is -0.346. The number of benzene rings is 1. The molecule has 1 N–H and O–H groups in total. The van der Waals surface area contributed by atoms with Gasteiger partial charge in [0.2, 0.25) is 0 Å². The summed E-state index contributed by atoms with van der Waals surface area (Å²) in [6, 6.07) is 13.2. The predicted octanol–water partition coefficient (Wildman–Crippen LogP) is 3.66. The Morgan fingerprint density at radius 2 is 1.88 bits per heavy atom. The topological polar surface area (TPSA) is 62.3 Å². The lowest BCUT2D eigenvalue weighted by Gasteiger charge is -2.27. The Labute approximate surface area is 155 Å². The van der Waals surface area contributed by atoms with Crippen molar-refractivity contribution in [1.29, 1.82) is 0 Å². The lowest BCUT2D eigenvalue weighted by atomic mass is 10.1. The van der Waals surface area contributed by atoms with Crippen LogP contribution in [0.2, 0.25) is 0 Å². The van der Waals surface area contributed by atoms with Gasteiger partial charge in [0.1, 0.15) is 5.69 Å². The van der Waals surface area contributed by atoms with Crippen molar-refractivity contribution in [3.05, 3.63) is 65.5 Å². The van der Waals surface area contributed by atoms with Crippen LogP contribution in [0, 0.1) is 0 Å². The molecule has 2 amide bonds. The molecule has 0 unspecified atom stereocenters. The van der Waals surface area contributed by atoms with E-state index in [1.807, 2.05) is 44.2 Å². The van der Waals surface area contributed by atoms with Crippen LogP contribution in [-0.4, -0.2) is 34.3 Å². The fourth-order valence-corrected chi connectivity index (χ4v) is 2.59. The number of hydrogen-bond donors (Lipinski definition) is 1. The normalized spacial score (nSPS) is 10.6. The van der Waals surface area contributed by atoms with Crippen LogP contribution in [0.3, 0.4) is 0 Å². The van der Waals surface area contributed by atoms with Crippen LogP contribution >= 0.6 is 0 Å². The maximum absolute atomic E-state index is 13.0. The predicted molar refractivity (Wildman–Crippen MR) is 103 cm³/mol. The summed E-state index contributed by atoms with van der Waals surface area (Å²) in [5.41, 5.74) is 1.82. The molecule has 0 aliphatic heterocycles. The molecule has 0 saturated carbocycles. The largest absolute Gasteiger partial charge is 0.351 e. The van der Waals surface area contributed by atoms with E-state index >= 15 is 0 Å². The van der Waals surface area contributed by atoms with Crippen molar-refractivity contribution in [3.8, 4) is 0 Å². The van der Waals surface area contributed by atoms with Gasteiger partial charge < -0.3 is 10.2 Å². The van der Waals surface area contributed by atoms with Crippen LogP contribution in [0.25, 0.3) is 0 Å². The molecule has 0 fully saturated rings. The van der Waals surface area contributed by atoms with E-state index in [4.69, 9.17) is 0 Å². The molecule has 2 aromatic rings. The number of pyridine rings is 1. The van der Waals surface area contributed by atoms with Crippen molar-refractivity contribution in [1.82, 2.24) is 15.2 Å². The number of rotatable bonds is 8. The first-order valence-corrected chi connectivity index (χ1v) is 9.12. The van der Waals surface area contributed by atoms with E-state index in [1.54, 1.807) is 17.0 Å². The fourth-order valence-electron chi connectivity index (χ4n) is 2.59. The summed E-state index contributed by atoms with van der Waals surface area (Å²) in [4.78, 5) is 31.1. The van der Waals surface area contributed by atoms with Crippen molar-refractivity contribution in [3.63, 3.8) is 0 Å². The minimum absolute atomic E-state index is 0.0395. The summed E-state index contributed by atoms with van der Waals surface area (Å²) >= 11 is 0. The van der Waals surface area contributed by atoms with Crippen molar-refractivity contribution in [2.45, 2.75) is 46.2 Å². The van der Waals surface area contributed by atoms with Gasteiger partial charge in [-0.2, -0.15) is 0 Å². The Hall–Kier alpha value is -2.69. The summed E-state index contributed by atoms with van der Waals surface area (Å²) in [7, 11) is 0. The van der Waals surface area contributed by atoms with Crippen LogP contribution in [0.15, 0.2) is 48.7 Å². The highest BCUT2D eigenvalue weighted by molar-refractivity contribution is 5.98. The van der Waals surface area contributed by atoms with Crippen molar-refractivity contribution >= 4 is 11.8 Å². The molecule has 0 atom stereocenters. The SMILES string of the molecule is CCCCNC(=O)c1cc(C(=O)N(Cc2ccccc2)C(C)C)ccn1. The maximum Gasteiger partial charge on any atom is 0.269 e. The zero-order chi connectivity index (χ0) is 18.9. The van der Waals surface area contributed by atoms with E-state index in [0.29, 0.717) is 18.7 Å². The van der Waals surface area contributed by atoms with Gasteiger partial charge in [0.05, 0.1) is 0 Å². The van der Waals surface area contributed by atoms with Gasteiger partial charge in [0, 0.05) is 30.9 Å². The van der Waals surface area contributed by atoms with Gasteiger partial charge >= 0.3 is 0 Å². The number of nitrogens with one attached hydrogen (secondary N) is 1. The molecule has 0 spiro atoms. The first-order valence-electron chi connectivity index (χ1n) is 9.12. The molecule has 5 heteroatoms. The number of aromatic nitrogens is 1. The highest BCUT2D eigenvalue weighted by Gasteiger charge is 2.20. The molecule has 2 rings (SSSR count). The van der Waals surface area contributed by atoms with Crippen molar-refractivity contribution < 1.29 is 9.59 Å². The van der Waals surface area contributed by atoms with Crippen LogP contribution < -0.4 is 5.32 Å². The van der Waals surface area contributed by atoms with Gasteiger partial charge in [-0.1, -0.05) is 43.7 Å². The average molecular weight is 353 g/mol. The Bertz CT molecular complexity index is 729. The van der Waals surface area contributed by atoms with Crippen LogP contribution in [0.1, 0.15) is 60.0 Å². The Kier molecular flexibility index (Phi) is 7.33. The standard InChI is InChI=1S/C21H27N3O2/c1-4-5-12-23-20(25)19-14-18(11-13-22-19)21(26)24(16(2)3)15-17-9-7-6-8-10-17/h6-11,13-14,16H,4-5,12,15H2,1-3H3,(H,23,25). The molecule has 1 aromatic heterocycles. The lowest BCUT2D eigenvalue weighted by molar-refractivity contribution is 0.0690. The molecule has 0 radical (unpaired) electrons. The fraction of sp³-hybridized carbons (Fsp3) is 0.381. The van der Waals surface area contributed by atoms with E-state index < -0.39 is 0 Å². The summed E-state index contributed by atoms with van der Waals surface area (Å²) in [6.07, 6.45) is 3.45. The third-order valence-corrected chi connectivity index (χ3v) is 4.14. The summed E-state index contributed by atoms with van der Waals surface area (Å²) < 4.78 is 0. The molecule has 5 nitrogen and oxygen atoms in total. The van der Waals surface area contributed by atoms with Gasteiger partial charge in [0.25, 0.3) is 11.8 Å². The number of unbranched alkanes of at least 4 members (excludes halogenated alkanes) is 1. The molecule has 138 valence electrons. The molecular formula is C21H27N3O2. The molecule has 0 aliphatic rings. The van der Waals surface area contributed by atoms with Gasteiger partial charge in [0.15, 0.2) is 0 Å². The van der Waals surface area contributed by atoms with Gasteiger partial charge in [-0.15, -0.1) is 0 Å². The first-order chi connectivity index (χ1) is 12.5. The van der Waals surface area contributed by atoms with E-state index in [0.717, 1.165) is 18.4 Å². The highest BCUT2D eigenvalue weighted by Crippen LogP contribution is 2.14. The average Bonchev–Trinajstić information content (AvgIpc) is 2.66. The maximum atomic E-state index is 13.0. The van der Waals surface area contributed by atoms with E-state index in [9.17, 15) is 9.59 Å². The van der Waals surface area contributed by atoms with Gasteiger partial charge in [-0.05, 0) is 38.0 Å². The van der Waals surface area contributed by atoms with Gasteiger partial charge in [-0.3, -0.25) is 14.6 Å². The third-order valence-electron chi connectivity index (χ3n) is 4.14. The molecular weight excluding hydrogens is 326 g/mol. The highest BCUT2D eigenvalue weighted by atomic mass is 16.2. The lowest BCUT2D eigenvalue weighted by Crippen LogP contribution is -2.36.